The molecule has 8 heteroatoms. The van der Waals surface area contributed by atoms with Crippen LogP contribution in [0.4, 0.5) is 0 Å². The fourth-order valence-corrected chi connectivity index (χ4v) is 5.17. The molecule has 21 heavy (non-hydrogen) atoms. The van der Waals surface area contributed by atoms with E-state index in [4.69, 9.17) is 9.47 Å². The molecule has 0 bridgehead atoms. The number of hydrogen-bond acceptors (Lipinski definition) is 5. The molecular weight excluding hydrogens is 296 g/mol. The van der Waals surface area contributed by atoms with E-state index in [1.807, 2.05) is 0 Å². The average Bonchev–Trinajstić information content (AvgIpc) is 2.82. The quantitative estimate of drug-likeness (QED) is 0.636. The van der Waals surface area contributed by atoms with Crippen molar-refractivity contribution in [2.75, 3.05) is 45.7 Å². The highest BCUT2D eigenvalue weighted by molar-refractivity contribution is 7.88. The summed E-state index contributed by atoms with van der Waals surface area (Å²) in [5, 5.41) is 0. The lowest BCUT2D eigenvalue weighted by Crippen LogP contribution is -2.52. The second-order valence-electron chi connectivity index (χ2n) is 6.48. The second kappa shape index (κ2) is 4.65. The van der Waals surface area contributed by atoms with Gasteiger partial charge in [0.1, 0.15) is 0 Å². The maximum Gasteiger partial charge on any atom is 0.226 e. The number of fused-ring (bicyclic) bond motifs is 2. The number of likely N-dealkylation sites (tertiary alicyclic amines) is 1. The van der Waals surface area contributed by atoms with E-state index in [9.17, 15) is 13.2 Å². The molecule has 0 aromatic heterocycles. The fraction of sp³-hybridized carbons (Fsp3) is 0.923. The maximum absolute atomic E-state index is 12.6. The van der Waals surface area contributed by atoms with Crippen LogP contribution >= 0.6 is 0 Å². The Bertz CT molecular complexity index is 555. The summed E-state index contributed by atoms with van der Waals surface area (Å²) >= 11 is 0. The van der Waals surface area contributed by atoms with Crippen molar-refractivity contribution < 1.29 is 22.7 Å². The van der Waals surface area contributed by atoms with E-state index in [1.54, 1.807) is 4.90 Å². The van der Waals surface area contributed by atoms with Crippen LogP contribution in [0.3, 0.4) is 0 Å². The Labute approximate surface area is 124 Å². The van der Waals surface area contributed by atoms with Crippen LogP contribution in [0.25, 0.3) is 0 Å². The van der Waals surface area contributed by atoms with Crippen LogP contribution in [0.5, 0.6) is 0 Å². The Morgan fingerprint density at radius 3 is 2.57 bits per heavy atom. The monoisotopic (exact) mass is 316 g/mol. The zero-order valence-corrected chi connectivity index (χ0v) is 12.8. The fourth-order valence-electron chi connectivity index (χ4n) is 4.07. The van der Waals surface area contributed by atoms with E-state index < -0.39 is 10.0 Å². The van der Waals surface area contributed by atoms with Gasteiger partial charge in [-0.1, -0.05) is 0 Å². The molecule has 1 unspecified atom stereocenters. The van der Waals surface area contributed by atoms with Gasteiger partial charge in [-0.05, 0) is 11.8 Å². The summed E-state index contributed by atoms with van der Waals surface area (Å²) in [5.41, 5.74) is 0. The number of amides is 1. The van der Waals surface area contributed by atoms with Crippen molar-refractivity contribution in [3.05, 3.63) is 0 Å². The van der Waals surface area contributed by atoms with Crippen molar-refractivity contribution >= 4 is 15.9 Å². The molecular formula is C13H20N2O5S. The van der Waals surface area contributed by atoms with Gasteiger partial charge < -0.3 is 14.4 Å². The van der Waals surface area contributed by atoms with Gasteiger partial charge >= 0.3 is 0 Å². The largest absolute Gasteiger partial charge is 0.381 e. The first kappa shape index (κ1) is 13.9. The first-order valence-electron chi connectivity index (χ1n) is 7.42. The molecule has 0 aromatic carbocycles. The lowest BCUT2D eigenvalue weighted by molar-refractivity contribution is -0.133. The van der Waals surface area contributed by atoms with E-state index in [0.717, 1.165) is 0 Å². The normalized spacial score (nSPS) is 42.7. The SMILES string of the molecule is CS(=O)(=O)N1CCO[C@H]2CN(C(=O)C3[C@H]4COC[C@@H]34)C[C@H]21. The first-order chi connectivity index (χ1) is 9.97. The third kappa shape index (κ3) is 2.19. The van der Waals surface area contributed by atoms with E-state index in [0.29, 0.717) is 51.3 Å². The van der Waals surface area contributed by atoms with Gasteiger partial charge in [0.25, 0.3) is 0 Å². The second-order valence-corrected chi connectivity index (χ2v) is 8.42. The van der Waals surface area contributed by atoms with Crippen LogP contribution < -0.4 is 0 Å². The van der Waals surface area contributed by atoms with Crippen LogP contribution in [-0.2, 0) is 24.3 Å². The Morgan fingerprint density at radius 1 is 1.19 bits per heavy atom. The number of nitrogens with zero attached hydrogens (tertiary/aromatic N) is 2. The van der Waals surface area contributed by atoms with Crippen LogP contribution in [0.1, 0.15) is 0 Å². The third-order valence-electron chi connectivity index (χ3n) is 5.23. The van der Waals surface area contributed by atoms with Gasteiger partial charge in [0.2, 0.25) is 15.9 Å². The van der Waals surface area contributed by atoms with Gasteiger partial charge in [-0.15, -0.1) is 0 Å². The lowest BCUT2D eigenvalue weighted by Gasteiger charge is -2.34. The Hall–Kier alpha value is -0.700. The topological polar surface area (TPSA) is 76.2 Å². The molecule has 0 radical (unpaired) electrons. The molecule has 1 aliphatic carbocycles. The Kier molecular flexibility index (Phi) is 3.08. The molecule has 4 fully saturated rings. The summed E-state index contributed by atoms with van der Waals surface area (Å²) < 4.78 is 36.2. The molecule has 3 saturated heterocycles. The van der Waals surface area contributed by atoms with Crippen LogP contribution in [0.15, 0.2) is 0 Å². The molecule has 5 atom stereocenters. The highest BCUT2D eigenvalue weighted by Gasteiger charge is 2.60. The lowest BCUT2D eigenvalue weighted by atomic mass is 10.2. The van der Waals surface area contributed by atoms with E-state index >= 15 is 0 Å². The maximum atomic E-state index is 12.6. The molecule has 0 spiro atoms. The molecule has 1 saturated carbocycles. The number of hydrogen-bond donors (Lipinski definition) is 0. The van der Waals surface area contributed by atoms with Gasteiger partial charge in [-0.2, -0.15) is 4.31 Å². The average molecular weight is 316 g/mol. The van der Waals surface area contributed by atoms with E-state index in [2.05, 4.69) is 0 Å². The van der Waals surface area contributed by atoms with Gasteiger partial charge in [-0.25, -0.2) is 8.42 Å². The van der Waals surface area contributed by atoms with E-state index in [1.165, 1.54) is 10.6 Å². The Morgan fingerprint density at radius 2 is 1.90 bits per heavy atom. The van der Waals surface area contributed by atoms with Gasteiger partial charge in [0, 0.05) is 25.6 Å². The number of ether oxygens (including phenoxy) is 2. The molecule has 3 aliphatic heterocycles. The number of rotatable bonds is 2. The standard InChI is InChI=1S/C13H20N2O5S/c1-21(17,18)15-2-3-20-11-5-14(4-10(11)15)13(16)12-8-6-19-7-9(8)12/h8-12H,2-7H2,1H3/t8-,9+,10-,11+,12?/m1/s1. The smallest absolute Gasteiger partial charge is 0.226 e. The summed E-state index contributed by atoms with van der Waals surface area (Å²) in [6, 6.07) is -0.229. The van der Waals surface area contributed by atoms with Crippen LogP contribution in [0.2, 0.25) is 0 Å². The highest BCUT2D eigenvalue weighted by Crippen LogP contribution is 2.51. The van der Waals surface area contributed by atoms with Crippen LogP contribution in [-0.4, -0.2) is 81.4 Å². The third-order valence-corrected chi connectivity index (χ3v) is 6.53. The summed E-state index contributed by atoms with van der Waals surface area (Å²) in [7, 11) is -3.25. The highest BCUT2D eigenvalue weighted by atomic mass is 32.2. The van der Waals surface area contributed by atoms with Gasteiger partial charge in [0.05, 0.1) is 38.2 Å². The molecule has 7 nitrogen and oxygen atoms in total. The van der Waals surface area contributed by atoms with Crippen molar-refractivity contribution in [2.24, 2.45) is 17.8 Å². The van der Waals surface area contributed by atoms with Crippen molar-refractivity contribution in [2.45, 2.75) is 12.1 Å². The molecule has 1 amide bonds. The molecule has 4 rings (SSSR count). The molecule has 3 heterocycles. The molecule has 0 N–H and O–H groups in total. The number of morpholine rings is 1. The molecule has 118 valence electrons. The molecule has 4 aliphatic rings. The predicted molar refractivity (Wildman–Crippen MR) is 72.9 cm³/mol. The minimum Gasteiger partial charge on any atom is -0.381 e. The van der Waals surface area contributed by atoms with Crippen molar-refractivity contribution in [1.29, 1.82) is 0 Å². The van der Waals surface area contributed by atoms with E-state index in [-0.39, 0.29) is 24.0 Å². The number of sulfonamides is 1. The minimum absolute atomic E-state index is 0.0885. The summed E-state index contributed by atoms with van der Waals surface area (Å²) in [4.78, 5) is 14.4. The van der Waals surface area contributed by atoms with Gasteiger partial charge in [-0.3, -0.25) is 4.79 Å². The molecule has 0 aromatic rings. The summed E-state index contributed by atoms with van der Waals surface area (Å²) in [6.07, 6.45) is 1.04. The van der Waals surface area contributed by atoms with Crippen molar-refractivity contribution in [1.82, 2.24) is 9.21 Å². The summed E-state index contributed by atoms with van der Waals surface area (Å²) in [5.74, 6) is 1.00. The predicted octanol–water partition coefficient (Wildman–Crippen LogP) is -1.25. The summed E-state index contributed by atoms with van der Waals surface area (Å²) in [6.45, 7) is 3.12. The number of carbonyl (C=O) groups excluding carboxylic acids is 1. The first-order valence-corrected chi connectivity index (χ1v) is 9.26. The van der Waals surface area contributed by atoms with Gasteiger partial charge in [0.15, 0.2) is 0 Å². The minimum atomic E-state index is -3.25. The Balaban J connectivity index is 1.47. The van der Waals surface area contributed by atoms with Crippen molar-refractivity contribution in [3.63, 3.8) is 0 Å². The van der Waals surface area contributed by atoms with Crippen molar-refractivity contribution in [3.8, 4) is 0 Å². The zero-order valence-electron chi connectivity index (χ0n) is 12.0. The van der Waals surface area contributed by atoms with Crippen LogP contribution in [0, 0.1) is 17.8 Å². The zero-order chi connectivity index (χ0) is 14.8. The number of carbonyl (C=O) groups is 1.